The first-order chi connectivity index (χ1) is 32.7. The van der Waals surface area contributed by atoms with E-state index in [4.69, 9.17) is 0 Å². The number of nitrogens with one attached hydrogen (secondary N) is 1. The minimum Gasteiger partial charge on any atom is -0.394 e. The minimum atomic E-state index is -0.665. The molecule has 4 nitrogen and oxygen atoms in total. The maximum atomic E-state index is 12.5. The van der Waals surface area contributed by atoms with Crippen molar-refractivity contribution in [1.82, 2.24) is 5.32 Å². The normalized spacial score (nSPS) is 13.6. The molecule has 66 heavy (non-hydrogen) atoms. The van der Waals surface area contributed by atoms with Gasteiger partial charge in [-0.1, -0.05) is 284 Å². The molecule has 0 aliphatic heterocycles. The molecule has 0 aromatic carbocycles. The van der Waals surface area contributed by atoms with Crippen molar-refractivity contribution < 1.29 is 15.0 Å². The summed E-state index contributed by atoms with van der Waals surface area (Å²) < 4.78 is 0. The predicted octanol–water partition coefficient (Wildman–Crippen LogP) is 18.9. The monoisotopic (exact) mass is 916 g/mol. The Labute approximate surface area is 411 Å². The van der Waals surface area contributed by atoms with Gasteiger partial charge in [-0.25, -0.2) is 0 Å². The summed E-state index contributed by atoms with van der Waals surface area (Å²) in [7, 11) is 0. The van der Waals surface area contributed by atoms with E-state index in [-0.39, 0.29) is 12.5 Å². The molecule has 0 aliphatic carbocycles. The number of allylic oxidation sites excluding steroid dienone is 16. The van der Waals surface area contributed by atoms with E-state index in [0.717, 1.165) is 77.0 Å². The molecular formula is C62H109NO3. The van der Waals surface area contributed by atoms with Crippen LogP contribution in [-0.4, -0.2) is 34.9 Å². The molecule has 3 N–H and O–H groups in total. The molecule has 2 atom stereocenters. The van der Waals surface area contributed by atoms with Gasteiger partial charge in [-0.05, 0) is 77.0 Å². The second kappa shape index (κ2) is 56.6. The molecule has 0 saturated heterocycles. The number of carbonyl (C=O) groups excluding carboxylic acids is 1. The van der Waals surface area contributed by atoms with Crippen molar-refractivity contribution in [2.75, 3.05) is 6.61 Å². The van der Waals surface area contributed by atoms with Crippen molar-refractivity contribution in [3.8, 4) is 0 Å². The van der Waals surface area contributed by atoms with Crippen LogP contribution in [0.1, 0.15) is 271 Å². The Bertz CT molecular complexity index is 1220. The average molecular weight is 917 g/mol. The predicted molar refractivity (Wildman–Crippen MR) is 294 cm³/mol. The van der Waals surface area contributed by atoms with Crippen molar-refractivity contribution in [2.24, 2.45) is 0 Å². The standard InChI is InChI=1S/C62H109NO3/c1-3-5-7-9-11-13-15-17-19-21-22-23-24-25-26-27-28-29-30-31-32-33-34-35-36-37-38-39-40-42-44-46-48-50-52-54-56-58-62(66)63-60(59-64)61(65)57-55-53-51-49-47-45-43-41-20-18-16-14-12-10-8-6-4-2/h5,7,11,13,17,19,22-23,25-26,28-29,31-32,34-35,60-61,64-65H,3-4,6,8-10,12,14-16,18,20-21,24,27,30,33,36-59H2,1-2H3,(H,63,66)/b7-5-,13-11-,19-17-,23-22-,26-25-,29-28-,32-31-,35-34-. The van der Waals surface area contributed by atoms with Crippen LogP contribution in [0.2, 0.25) is 0 Å². The first-order valence-corrected chi connectivity index (χ1v) is 28.4. The molecule has 0 spiro atoms. The molecule has 2 unspecified atom stereocenters. The van der Waals surface area contributed by atoms with Crippen LogP contribution in [0.4, 0.5) is 0 Å². The Balaban J connectivity index is 3.53. The van der Waals surface area contributed by atoms with Crippen LogP contribution in [-0.2, 0) is 4.79 Å². The Morgan fingerprint density at radius 3 is 1.00 bits per heavy atom. The van der Waals surface area contributed by atoms with Crippen LogP contribution in [0.5, 0.6) is 0 Å². The number of aliphatic hydroxyl groups excluding tert-OH is 2. The van der Waals surface area contributed by atoms with E-state index in [1.807, 2.05) is 0 Å². The summed E-state index contributed by atoms with van der Waals surface area (Å²) in [5, 5.41) is 23.3. The molecule has 0 heterocycles. The summed E-state index contributed by atoms with van der Waals surface area (Å²) in [5.41, 5.74) is 0. The summed E-state index contributed by atoms with van der Waals surface area (Å²) in [6.07, 6.45) is 83.9. The van der Waals surface area contributed by atoms with E-state index in [1.54, 1.807) is 0 Å². The van der Waals surface area contributed by atoms with Crippen LogP contribution in [0.3, 0.4) is 0 Å². The molecule has 4 heteroatoms. The van der Waals surface area contributed by atoms with Gasteiger partial charge in [0.05, 0.1) is 18.8 Å². The zero-order valence-corrected chi connectivity index (χ0v) is 43.7. The highest BCUT2D eigenvalue weighted by molar-refractivity contribution is 5.76. The topological polar surface area (TPSA) is 69.6 Å². The molecule has 0 aliphatic rings. The molecule has 1 amide bonds. The van der Waals surface area contributed by atoms with E-state index < -0.39 is 12.1 Å². The first kappa shape index (κ1) is 63.3. The van der Waals surface area contributed by atoms with E-state index in [0.29, 0.717) is 12.8 Å². The van der Waals surface area contributed by atoms with Gasteiger partial charge in [0.15, 0.2) is 0 Å². The largest absolute Gasteiger partial charge is 0.394 e. The SMILES string of the molecule is CC/C=C\C/C=C\C/C=C\C/C=C\C/C=C\C/C=C\C/C=C\C/C=C\CCCCCCCCCCCCCCC(=O)NC(CO)C(O)CCCCCCCCCCCCCCCCCCC. The molecule has 380 valence electrons. The van der Waals surface area contributed by atoms with Gasteiger partial charge in [0, 0.05) is 6.42 Å². The minimum absolute atomic E-state index is 0.0351. The van der Waals surface area contributed by atoms with Gasteiger partial charge < -0.3 is 15.5 Å². The summed E-state index contributed by atoms with van der Waals surface area (Å²) >= 11 is 0. The van der Waals surface area contributed by atoms with Crippen LogP contribution in [0, 0.1) is 0 Å². The van der Waals surface area contributed by atoms with Crippen LogP contribution in [0.15, 0.2) is 97.2 Å². The lowest BCUT2D eigenvalue weighted by atomic mass is 10.0. The van der Waals surface area contributed by atoms with Gasteiger partial charge in [-0.3, -0.25) is 4.79 Å². The Kier molecular flexibility index (Phi) is 54.3. The number of unbranched alkanes of at least 4 members (excludes halogenated alkanes) is 28. The van der Waals surface area contributed by atoms with E-state index in [9.17, 15) is 15.0 Å². The Hall–Kier alpha value is -2.69. The highest BCUT2D eigenvalue weighted by atomic mass is 16.3. The second-order valence-electron chi connectivity index (χ2n) is 19.0. The van der Waals surface area contributed by atoms with Gasteiger partial charge in [-0.15, -0.1) is 0 Å². The molecule has 0 radical (unpaired) electrons. The second-order valence-corrected chi connectivity index (χ2v) is 19.0. The van der Waals surface area contributed by atoms with E-state index >= 15 is 0 Å². The number of hydrogen-bond donors (Lipinski definition) is 3. The van der Waals surface area contributed by atoms with Crippen LogP contribution in [0.25, 0.3) is 0 Å². The third-order valence-corrected chi connectivity index (χ3v) is 12.6. The lowest BCUT2D eigenvalue weighted by Crippen LogP contribution is -2.45. The quantitative estimate of drug-likeness (QED) is 0.0421. The number of rotatable bonds is 51. The zero-order valence-electron chi connectivity index (χ0n) is 43.7. The van der Waals surface area contributed by atoms with Crippen molar-refractivity contribution in [2.45, 2.75) is 283 Å². The maximum Gasteiger partial charge on any atom is 0.220 e. The highest BCUT2D eigenvalue weighted by Crippen LogP contribution is 2.17. The molecule has 0 aromatic heterocycles. The van der Waals surface area contributed by atoms with E-state index in [1.165, 1.54) is 167 Å². The number of hydrogen-bond acceptors (Lipinski definition) is 3. The fourth-order valence-electron chi connectivity index (χ4n) is 8.32. The number of carbonyl (C=O) groups is 1. The van der Waals surface area contributed by atoms with Gasteiger partial charge in [0.25, 0.3) is 0 Å². The van der Waals surface area contributed by atoms with Gasteiger partial charge in [0.1, 0.15) is 0 Å². The molecule has 0 fully saturated rings. The molecular weight excluding hydrogens is 807 g/mol. The first-order valence-electron chi connectivity index (χ1n) is 28.4. The summed E-state index contributed by atoms with van der Waals surface area (Å²) in [6, 6.07) is -0.543. The average Bonchev–Trinajstić information content (AvgIpc) is 3.32. The summed E-state index contributed by atoms with van der Waals surface area (Å²) in [6.45, 7) is 4.25. The lowest BCUT2D eigenvalue weighted by Gasteiger charge is -2.22. The molecule has 0 saturated carbocycles. The van der Waals surface area contributed by atoms with Gasteiger partial charge >= 0.3 is 0 Å². The highest BCUT2D eigenvalue weighted by Gasteiger charge is 2.20. The fraction of sp³-hybridized carbons (Fsp3) is 0.726. The number of aliphatic hydroxyl groups is 2. The summed E-state index contributed by atoms with van der Waals surface area (Å²) in [5.74, 6) is -0.0351. The maximum absolute atomic E-state index is 12.5. The van der Waals surface area contributed by atoms with E-state index in [2.05, 4.69) is 116 Å². The van der Waals surface area contributed by atoms with Crippen LogP contribution < -0.4 is 5.32 Å². The van der Waals surface area contributed by atoms with Gasteiger partial charge in [0.2, 0.25) is 5.91 Å². The van der Waals surface area contributed by atoms with Crippen molar-refractivity contribution in [3.05, 3.63) is 97.2 Å². The third kappa shape index (κ3) is 52.3. The third-order valence-electron chi connectivity index (χ3n) is 12.6. The van der Waals surface area contributed by atoms with Crippen molar-refractivity contribution in [1.29, 1.82) is 0 Å². The fourth-order valence-corrected chi connectivity index (χ4v) is 8.32. The Morgan fingerprint density at radius 1 is 0.379 bits per heavy atom. The summed E-state index contributed by atoms with van der Waals surface area (Å²) in [4.78, 5) is 12.5. The molecule has 0 rings (SSSR count). The van der Waals surface area contributed by atoms with Crippen LogP contribution >= 0.6 is 0 Å². The van der Waals surface area contributed by atoms with Crippen molar-refractivity contribution in [3.63, 3.8) is 0 Å². The van der Waals surface area contributed by atoms with Gasteiger partial charge in [-0.2, -0.15) is 0 Å². The Morgan fingerprint density at radius 2 is 0.667 bits per heavy atom. The smallest absolute Gasteiger partial charge is 0.220 e. The molecule has 0 bridgehead atoms. The number of amides is 1. The van der Waals surface area contributed by atoms with Crippen molar-refractivity contribution >= 4 is 5.91 Å². The molecule has 0 aromatic rings. The zero-order chi connectivity index (χ0) is 47.7. The lowest BCUT2D eigenvalue weighted by molar-refractivity contribution is -0.123.